The van der Waals surface area contributed by atoms with Crippen LogP contribution in [0.1, 0.15) is 10.4 Å². The van der Waals surface area contributed by atoms with Crippen molar-refractivity contribution in [2.45, 2.75) is 18.0 Å². The molecule has 4 nitrogen and oxygen atoms in total. The third-order valence-corrected chi connectivity index (χ3v) is 5.93. The molecule has 21 heavy (non-hydrogen) atoms. The molecule has 2 rings (SSSR count). The Bertz CT molecular complexity index is 732. The highest BCUT2D eigenvalue weighted by molar-refractivity contribution is 9.10. The average Bonchev–Trinajstić information content (AvgIpc) is 2.85. The fourth-order valence-corrected chi connectivity index (χ4v) is 4.54. The Morgan fingerprint density at radius 1 is 1.29 bits per heavy atom. The van der Waals surface area contributed by atoms with Gasteiger partial charge in [0, 0.05) is 27.8 Å². The zero-order valence-electron chi connectivity index (χ0n) is 11.2. The lowest BCUT2D eigenvalue weighted by atomic mass is 10.2. The molecule has 0 atom stereocenters. The van der Waals surface area contributed by atoms with Gasteiger partial charge in [-0.15, -0.1) is 11.3 Å². The van der Waals surface area contributed by atoms with Gasteiger partial charge in [0.2, 0.25) is 10.0 Å². The first-order valence-corrected chi connectivity index (χ1v) is 9.23. The van der Waals surface area contributed by atoms with Gasteiger partial charge in [-0.3, -0.25) is 0 Å². The van der Waals surface area contributed by atoms with E-state index in [1.54, 1.807) is 7.05 Å². The summed E-state index contributed by atoms with van der Waals surface area (Å²) < 4.78 is 41.5. The van der Waals surface area contributed by atoms with Gasteiger partial charge < -0.3 is 5.32 Å². The number of thiophene rings is 1. The van der Waals surface area contributed by atoms with E-state index in [2.05, 4.69) is 26.0 Å². The quantitative estimate of drug-likeness (QED) is 0.794. The first kappa shape index (κ1) is 16.6. The third-order valence-electron chi connectivity index (χ3n) is 2.74. The molecule has 0 saturated heterocycles. The minimum Gasteiger partial charge on any atom is -0.316 e. The lowest BCUT2D eigenvalue weighted by Crippen LogP contribution is -2.25. The van der Waals surface area contributed by atoms with Gasteiger partial charge in [-0.05, 0) is 46.7 Å². The number of benzene rings is 1. The lowest BCUT2D eigenvalue weighted by Gasteiger charge is -2.11. The highest BCUT2D eigenvalue weighted by Gasteiger charge is 2.19. The summed E-state index contributed by atoms with van der Waals surface area (Å²) in [5, 5.41) is 4.75. The van der Waals surface area contributed by atoms with Crippen molar-refractivity contribution in [1.29, 1.82) is 0 Å². The third kappa shape index (κ3) is 4.33. The van der Waals surface area contributed by atoms with E-state index in [9.17, 15) is 12.8 Å². The van der Waals surface area contributed by atoms with Crippen LogP contribution < -0.4 is 10.0 Å². The number of hydrogen-bond donors (Lipinski definition) is 2. The number of nitrogens with one attached hydrogen (secondary N) is 2. The monoisotopic (exact) mass is 392 g/mol. The molecule has 1 heterocycles. The summed E-state index contributed by atoms with van der Waals surface area (Å²) >= 11 is 4.76. The van der Waals surface area contributed by atoms with E-state index in [4.69, 9.17) is 0 Å². The standard InChI is InChI=1S/C13H14BrFN2O2S2/c1-16-6-9-2-3-11(15)5-13(9)21(18,19)17-7-12-4-10(14)8-20-12/h2-5,8,16-17H,6-7H2,1H3. The van der Waals surface area contributed by atoms with E-state index in [0.29, 0.717) is 12.1 Å². The van der Waals surface area contributed by atoms with Gasteiger partial charge in [0.15, 0.2) is 0 Å². The number of halogens is 2. The second-order valence-electron chi connectivity index (χ2n) is 4.34. The van der Waals surface area contributed by atoms with Gasteiger partial charge in [-0.2, -0.15) is 0 Å². The molecule has 0 spiro atoms. The van der Waals surface area contributed by atoms with E-state index in [1.165, 1.54) is 23.5 Å². The summed E-state index contributed by atoms with van der Waals surface area (Å²) in [7, 11) is -2.06. The van der Waals surface area contributed by atoms with Gasteiger partial charge >= 0.3 is 0 Å². The summed E-state index contributed by atoms with van der Waals surface area (Å²) in [5.41, 5.74) is 0.527. The molecule has 0 amide bonds. The van der Waals surface area contributed by atoms with Gasteiger partial charge in [0.05, 0.1) is 4.90 Å². The molecule has 0 unspecified atom stereocenters. The predicted molar refractivity (Wildman–Crippen MR) is 85.2 cm³/mol. The molecule has 1 aromatic carbocycles. The van der Waals surface area contributed by atoms with Crippen LogP contribution in [0, 0.1) is 5.82 Å². The summed E-state index contributed by atoms with van der Waals surface area (Å²) in [6.07, 6.45) is 0. The molecule has 0 fully saturated rings. The maximum Gasteiger partial charge on any atom is 0.241 e. The largest absolute Gasteiger partial charge is 0.316 e. The van der Waals surface area contributed by atoms with Crippen LogP contribution in [0.25, 0.3) is 0 Å². The van der Waals surface area contributed by atoms with E-state index < -0.39 is 15.8 Å². The molecular formula is C13H14BrFN2O2S2. The Labute approximate surface area is 135 Å². The predicted octanol–water partition coefficient (Wildman–Crippen LogP) is 2.85. The van der Waals surface area contributed by atoms with Crippen molar-refractivity contribution in [2.24, 2.45) is 0 Å². The second kappa shape index (κ2) is 6.97. The van der Waals surface area contributed by atoms with Crippen molar-refractivity contribution in [3.05, 3.63) is 50.4 Å². The Morgan fingerprint density at radius 2 is 2.05 bits per heavy atom. The van der Waals surface area contributed by atoms with E-state index in [1.807, 2.05) is 11.4 Å². The summed E-state index contributed by atoms with van der Waals surface area (Å²) in [6, 6.07) is 5.61. The van der Waals surface area contributed by atoms with Gasteiger partial charge in [-0.1, -0.05) is 6.07 Å². The van der Waals surface area contributed by atoms with Crippen molar-refractivity contribution in [2.75, 3.05) is 7.05 Å². The van der Waals surface area contributed by atoms with Crippen LogP contribution in [0.3, 0.4) is 0 Å². The van der Waals surface area contributed by atoms with Gasteiger partial charge in [-0.25, -0.2) is 17.5 Å². The van der Waals surface area contributed by atoms with Gasteiger partial charge in [0.25, 0.3) is 0 Å². The van der Waals surface area contributed by atoms with Crippen LogP contribution in [0.15, 0.2) is 39.0 Å². The van der Waals surface area contributed by atoms with Crippen LogP contribution in [0.2, 0.25) is 0 Å². The van der Waals surface area contributed by atoms with Crippen LogP contribution in [-0.4, -0.2) is 15.5 Å². The normalized spacial score (nSPS) is 11.8. The molecule has 0 saturated carbocycles. The molecule has 0 bridgehead atoms. The van der Waals surface area contributed by atoms with Crippen LogP contribution >= 0.6 is 27.3 Å². The molecule has 114 valence electrons. The maximum atomic E-state index is 13.4. The Kier molecular flexibility index (Phi) is 5.50. The molecule has 1 aromatic heterocycles. The Hall–Kier alpha value is -0.800. The van der Waals surface area contributed by atoms with Crippen molar-refractivity contribution in [3.63, 3.8) is 0 Å². The molecular weight excluding hydrogens is 379 g/mol. The fraction of sp³-hybridized carbons (Fsp3) is 0.231. The molecule has 0 radical (unpaired) electrons. The highest BCUT2D eigenvalue weighted by Crippen LogP contribution is 2.21. The zero-order valence-corrected chi connectivity index (χ0v) is 14.4. The molecule has 0 aliphatic rings. The summed E-state index contributed by atoms with van der Waals surface area (Å²) in [6.45, 7) is 0.523. The molecule has 0 aliphatic heterocycles. The number of rotatable bonds is 6. The average molecular weight is 393 g/mol. The number of hydrogen-bond acceptors (Lipinski definition) is 4. The first-order valence-electron chi connectivity index (χ1n) is 6.08. The minimum absolute atomic E-state index is 0.0347. The second-order valence-corrected chi connectivity index (χ2v) is 7.98. The van der Waals surface area contributed by atoms with Crippen molar-refractivity contribution in [3.8, 4) is 0 Å². The van der Waals surface area contributed by atoms with E-state index in [-0.39, 0.29) is 11.4 Å². The van der Waals surface area contributed by atoms with Gasteiger partial charge in [0.1, 0.15) is 5.82 Å². The fourth-order valence-electron chi connectivity index (χ4n) is 1.81. The van der Waals surface area contributed by atoms with E-state index >= 15 is 0 Å². The Balaban J connectivity index is 2.24. The lowest BCUT2D eigenvalue weighted by molar-refractivity contribution is 0.575. The van der Waals surface area contributed by atoms with Crippen molar-refractivity contribution < 1.29 is 12.8 Å². The minimum atomic E-state index is -3.76. The molecule has 0 aliphatic carbocycles. The molecule has 2 N–H and O–H groups in total. The highest BCUT2D eigenvalue weighted by atomic mass is 79.9. The maximum absolute atomic E-state index is 13.4. The van der Waals surface area contributed by atoms with Crippen molar-refractivity contribution >= 4 is 37.3 Å². The van der Waals surface area contributed by atoms with Crippen LogP contribution in [-0.2, 0) is 23.1 Å². The Morgan fingerprint density at radius 3 is 2.67 bits per heavy atom. The zero-order chi connectivity index (χ0) is 15.5. The van der Waals surface area contributed by atoms with Crippen LogP contribution in [0.4, 0.5) is 4.39 Å². The van der Waals surface area contributed by atoms with E-state index in [0.717, 1.165) is 15.4 Å². The molecule has 8 heteroatoms. The summed E-state index contributed by atoms with van der Waals surface area (Å²) in [4.78, 5) is 0.837. The first-order chi connectivity index (χ1) is 9.92. The SMILES string of the molecule is CNCc1ccc(F)cc1S(=O)(=O)NCc1cc(Br)cs1. The topological polar surface area (TPSA) is 58.2 Å². The van der Waals surface area contributed by atoms with Crippen LogP contribution in [0.5, 0.6) is 0 Å². The molecule has 2 aromatic rings. The summed E-state index contributed by atoms with van der Waals surface area (Å²) in [5.74, 6) is -0.575. The van der Waals surface area contributed by atoms with Crippen molar-refractivity contribution in [1.82, 2.24) is 10.0 Å². The smallest absolute Gasteiger partial charge is 0.241 e. The number of sulfonamides is 1.